The van der Waals surface area contributed by atoms with Gasteiger partial charge >= 0.3 is 0 Å². The van der Waals surface area contributed by atoms with E-state index in [1.54, 1.807) is 4.31 Å². The van der Waals surface area contributed by atoms with Crippen molar-refractivity contribution in [2.24, 2.45) is 5.92 Å². The maximum Gasteiger partial charge on any atom is 0.218 e. The van der Waals surface area contributed by atoms with Crippen molar-refractivity contribution in [1.29, 1.82) is 0 Å². The van der Waals surface area contributed by atoms with Gasteiger partial charge in [0.05, 0.1) is 12.4 Å². The molecule has 0 aromatic heterocycles. The number of benzene rings is 2. The predicted octanol–water partition coefficient (Wildman–Crippen LogP) is 3.62. The Hall–Kier alpha value is -1.85. The summed E-state index contributed by atoms with van der Waals surface area (Å²) in [6.07, 6.45) is 1.89. The van der Waals surface area contributed by atoms with Crippen LogP contribution in [-0.4, -0.2) is 32.4 Å². The smallest absolute Gasteiger partial charge is 0.218 e. The Labute approximate surface area is 150 Å². The van der Waals surface area contributed by atoms with Crippen molar-refractivity contribution in [3.8, 4) is 5.75 Å². The van der Waals surface area contributed by atoms with E-state index in [2.05, 4.69) is 0 Å². The van der Waals surface area contributed by atoms with E-state index in [0.29, 0.717) is 19.7 Å². The van der Waals surface area contributed by atoms with E-state index in [9.17, 15) is 8.42 Å². The molecule has 1 saturated heterocycles. The molecule has 0 bridgehead atoms. The molecule has 0 saturated carbocycles. The predicted molar refractivity (Wildman–Crippen MR) is 100 cm³/mol. The zero-order valence-electron chi connectivity index (χ0n) is 14.6. The molecule has 1 heterocycles. The summed E-state index contributed by atoms with van der Waals surface area (Å²) in [4.78, 5) is 0. The first kappa shape index (κ1) is 18.0. The minimum absolute atomic E-state index is 0.0704. The van der Waals surface area contributed by atoms with Crippen LogP contribution < -0.4 is 4.74 Å². The van der Waals surface area contributed by atoms with E-state index in [0.717, 1.165) is 29.7 Å². The first-order chi connectivity index (χ1) is 12.0. The molecule has 0 N–H and O–H groups in total. The highest BCUT2D eigenvalue weighted by Gasteiger charge is 2.29. The summed E-state index contributed by atoms with van der Waals surface area (Å²) in [6.45, 7) is 3.69. The highest BCUT2D eigenvalue weighted by atomic mass is 32.2. The van der Waals surface area contributed by atoms with Crippen molar-refractivity contribution in [3.63, 3.8) is 0 Å². The molecule has 0 radical (unpaired) electrons. The summed E-state index contributed by atoms with van der Waals surface area (Å²) in [5.74, 6) is 1.14. The second kappa shape index (κ2) is 8.02. The molecule has 134 valence electrons. The number of piperidine rings is 1. The lowest BCUT2D eigenvalue weighted by Crippen LogP contribution is -2.42. The molecule has 0 spiro atoms. The average molecular weight is 359 g/mol. The number of para-hydroxylation sites is 1. The maximum absolute atomic E-state index is 12.8. The number of nitrogens with zero attached hydrogens (tertiary/aromatic N) is 1. The third kappa shape index (κ3) is 5.06. The van der Waals surface area contributed by atoms with Crippen molar-refractivity contribution >= 4 is 10.0 Å². The van der Waals surface area contributed by atoms with Gasteiger partial charge in [-0.15, -0.1) is 0 Å². The topological polar surface area (TPSA) is 46.6 Å². The normalized spacial score (nSPS) is 18.8. The van der Waals surface area contributed by atoms with Crippen molar-refractivity contribution in [2.75, 3.05) is 19.7 Å². The highest BCUT2D eigenvalue weighted by Crippen LogP contribution is 2.23. The van der Waals surface area contributed by atoms with Gasteiger partial charge in [0.1, 0.15) is 5.75 Å². The Morgan fingerprint density at radius 2 is 1.92 bits per heavy atom. The summed E-state index contributed by atoms with van der Waals surface area (Å²) in [5, 5.41) is 0. The van der Waals surface area contributed by atoms with Gasteiger partial charge in [0.25, 0.3) is 0 Å². The number of ether oxygens (including phenoxy) is 1. The minimum Gasteiger partial charge on any atom is -0.493 e. The summed E-state index contributed by atoms with van der Waals surface area (Å²) >= 11 is 0. The maximum atomic E-state index is 12.8. The van der Waals surface area contributed by atoms with Crippen LogP contribution in [0.15, 0.2) is 54.6 Å². The van der Waals surface area contributed by atoms with Crippen LogP contribution in [0, 0.1) is 12.8 Å². The van der Waals surface area contributed by atoms with Gasteiger partial charge in [-0.2, -0.15) is 0 Å². The van der Waals surface area contributed by atoms with Crippen LogP contribution >= 0.6 is 0 Å². The largest absolute Gasteiger partial charge is 0.493 e. The van der Waals surface area contributed by atoms with E-state index < -0.39 is 10.0 Å². The average Bonchev–Trinajstić information content (AvgIpc) is 2.61. The first-order valence-corrected chi connectivity index (χ1v) is 10.3. The van der Waals surface area contributed by atoms with Crippen LogP contribution in [0.3, 0.4) is 0 Å². The summed E-state index contributed by atoms with van der Waals surface area (Å²) in [7, 11) is -3.29. The van der Waals surface area contributed by atoms with Gasteiger partial charge < -0.3 is 4.74 Å². The Balaban J connectivity index is 1.60. The van der Waals surface area contributed by atoms with E-state index >= 15 is 0 Å². The lowest BCUT2D eigenvalue weighted by Gasteiger charge is -2.31. The van der Waals surface area contributed by atoms with Crippen LogP contribution in [0.2, 0.25) is 0 Å². The van der Waals surface area contributed by atoms with Gasteiger partial charge in [-0.25, -0.2) is 12.7 Å². The van der Waals surface area contributed by atoms with Crippen LogP contribution in [-0.2, 0) is 15.8 Å². The van der Waals surface area contributed by atoms with Crippen LogP contribution in [0.4, 0.5) is 0 Å². The van der Waals surface area contributed by atoms with Crippen molar-refractivity contribution in [3.05, 3.63) is 65.7 Å². The zero-order valence-corrected chi connectivity index (χ0v) is 15.4. The SMILES string of the molecule is Cc1cccc(CS(=O)(=O)N2CCCC(COc3ccccc3)C2)c1. The Kier molecular flexibility index (Phi) is 5.76. The Bertz CT molecular complexity index is 790. The molecule has 4 nitrogen and oxygen atoms in total. The minimum atomic E-state index is -3.29. The summed E-state index contributed by atoms with van der Waals surface area (Å²) in [6, 6.07) is 17.4. The molecule has 1 fully saturated rings. The van der Waals surface area contributed by atoms with Gasteiger partial charge in [-0.1, -0.05) is 48.0 Å². The number of aryl methyl sites for hydroxylation is 1. The monoisotopic (exact) mass is 359 g/mol. The molecule has 25 heavy (non-hydrogen) atoms. The van der Waals surface area contributed by atoms with Crippen molar-refractivity contribution in [2.45, 2.75) is 25.5 Å². The number of hydrogen-bond acceptors (Lipinski definition) is 3. The van der Waals surface area contributed by atoms with Crippen LogP contribution in [0.25, 0.3) is 0 Å². The third-order valence-corrected chi connectivity index (χ3v) is 6.35. The van der Waals surface area contributed by atoms with E-state index in [4.69, 9.17) is 4.74 Å². The number of sulfonamides is 1. The Morgan fingerprint density at radius 1 is 1.12 bits per heavy atom. The van der Waals surface area contributed by atoms with Gasteiger partial charge in [0.2, 0.25) is 10.0 Å². The molecular weight excluding hydrogens is 334 g/mol. The van der Waals surface area contributed by atoms with Crippen LogP contribution in [0.5, 0.6) is 5.75 Å². The summed E-state index contributed by atoms with van der Waals surface area (Å²) < 4.78 is 33.0. The van der Waals surface area contributed by atoms with Crippen molar-refractivity contribution < 1.29 is 13.2 Å². The second-order valence-corrected chi connectivity index (χ2v) is 8.70. The molecule has 1 aliphatic heterocycles. The fourth-order valence-electron chi connectivity index (χ4n) is 3.25. The molecular formula is C20H25NO3S. The van der Waals surface area contributed by atoms with E-state index in [-0.39, 0.29) is 11.7 Å². The lowest BCUT2D eigenvalue weighted by molar-refractivity contribution is 0.180. The summed E-state index contributed by atoms with van der Waals surface area (Å²) in [5.41, 5.74) is 1.93. The quantitative estimate of drug-likeness (QED) is 0.791. The third-order valence-electron chi connectivity index (χ3n) is 4.54. The Morgan fingerprint density at radius 3 is 2.68 bits per heavy atom. The van der Waals surface area contributed by atoms with Gasteiger partial charge in [-0.05, 0) is 37.5 Å². The molecule has 0 aliphatic carbocycles. The zero-order chi connectivity index (χ0) is 17.7. The van der Waals surface area contributed by atoms with Gasteiger partial charge in [-0.3, -0.25) is 0 Å². The molecule has 1 atom stereocenters. The fourth-order valence-corrected chi connectivity index (χ4v) is 4.88. The molecule has 2 aromatic rings. The standard InChI is InChI=1S/C20H25NO3S/c1-17-7-5-8-18(13-17)16-25(22,23)21-12-6-9-19(14-21)15-24-20-10-3-2-4-11-20/h2-5,7-8,10-11,13,19H,6,9,12,14-16H2,1H3. The van der Waals surface area contributed by atoms with E-state index in [1.165, 1.54) is 0 Å². The van der Waals surface area contributed by atoms with Crippen molar-refractivity contribution in [1.82, 2.24) is 4.31 Å². The number of rotatable bonds is 6. The molecule has 1 unspecified atom stereocenters. The van der Waals surface area contributed by atoms with Gasteiger partial charge in [0.15, 0.2) is 0 Å². The second-order valence-electron chi connectivity index (χ2n) is 6.74. The van der Waals surface area contributed by atoms with Crippen LogP contribution in [0.1, 0.15) is 24.0 Å². The fraction of sp³-hybridized carbons (Fsp3) is 0.400. The van der Waals surface area contributed by atoms with E-state index in [1.807, 2.05) is 61.5 Å². The highest BCUT2D eigenvalue weighted by molar-refractivity contribution is 7.88. The first-order valence-electron chi connectivity index (χ1n) is 8.74. The van der Waals surface area contributed by atoms with Gasteiger partial charge in [0, 0.05) is 19.0 Å². The molecule has 5 heteroatoms. The molecule has 3 rings (SSSR count). The lowest BCUT2D eigenvalue weighted by atomic mass is 10.0. The molecule has 2 aromatic carbocycles. The number of hydrogen-bond donors (Lipinski definition) is 0. The molecule has 0 amide bonds. The molecule has 1 aliphatic rings.